The van der Waals surface area contributed by atoms with Crippen LogP contribution in [0.1, 0.15) is 23.0 Å². The molecule has 4 rings (SSSR count). The maximum Gasteiger partial charge on any atom is 0.374 e. The van der Waals surface area contributed by atoms with E-state index in [4.69, 9.17) is 13.9 Å². The van der Waals surface area contributed by atoms with Crippen LogP contribution < -0.4 is 10.1 Å². The van der Waals surface area contributed by atoms with Crippen LogP contribution in [0.5, 0.6) is 5.75 Å². The van der Waals surface area contributed by atoms with Crippen molar-refractivity contribution in [3.63, 3.8) is 0 Å². The molecule has 0 saturated heterocycles. The molecule has 30 heavy (non-hydrogen) atoms. The Kier molecular flexibility index (Phi) is 5.99. The molecule has 0 aliphatic heterocycles. The summed E-state index contributed by atoms with van der Waals surface area (Å²) in [6.07, 6.45) is 2.70. The molecule has 0 radical (unpaired) electrons. The van der Waals surface area contributed by atoms with E-state index in [9.17, 15) is 9.18 Å². The fourth-order valence-electron chi connectivity index (χ4n) is 3.39. The standard InChI is InChI=1S/C23H23FN2O4/c1-2-28-23(27)21-12-15-4-3-5-20(22(15)30-21)29-11-10-25-9-8-16-14-26-19-7-6-17(24)13-18(16)19/h3-7,12-14,25-26H,2,8-11H2,1H3. The number of para-hydroxylation sites is 1. The number of carbonyl (C=O) groups excluding carboxylic acids is 1. The Hall–Kier alpha value is -3.32. The average molecular weight is 410 g/mol. The van der Waals surface area contributed by atoms with E-state index in [1.165, 1.54) is 6.07 Å². The van der Waals surface area contributed by atoms with Crippen molar-refractivity contribution in [2.45, 2.75) is 13.3 Å². The van der Waals surface area contributed by atoms with Crippen molar-refractivity contribution in [3.05, 3.63) is 65.8 Å². The topological polar surface area (TPSA) is 76.5 Å². The van der Waals surface area contributed by atoms with Gasteiger partial charge in [-0.3, -0.25) is 0 Å². The van der Waals surface area contributed by atoms with Crippen LogP contribution in [0, 0.1) is 5.82 Å². The highest BCUT2D eigenvalue weighted by atomic mass is 19.1. The fraction of sp³-hybridized carbons (Fsp3) is 0.261. The number of furan rings is 1. The molecule has 0 bridgehead atoms. The van der Waals surface area contributed by atoms with Crippen LogP contribution in [0.2, 0.25) is 0 Å². The fourth-order valence-corrected chi connectivity index (χ4v) is 3.39. The van der Waals surface area contributed by atoms with Crippen molar-refractivity contribution in [1.82, 2.24) is 10.3 Å². The molecule has 7 heteroatoms. The van der Waals surface area contributed by atoms with E-state index in [2.05, 4.69) is 10.3 Å². The summed E-state index contributed by atoms with van der Waals surface area (Å²) in [4.78, 5) is 15.0. The second kappa shape index (κ2) is 9.00. The third-order valence-electron chi connectivity index (χ3n) is 4.82. The highest BCUT2D eigenvalue weighted by molar-refractivity contribution is 5.94. The minimum Gasteiger partial charge on any atom is -0.488 e. The number of H-pyrrole nitrogens is 1. The first-order valence-corrected chi connectivity index (χ1v) is 9.94. The lowest BCUT2D eigenvalue weighted by Crippen LogP contribution is -2.23. The Morgan fingerprint density at radius 3 is 2.97 bits per heavy atom. The van der Waals surface area contributed by atoms with E-state index in [0.717, 1.165) is 34.8 Å². The van der Waals surface area contributed by atoms with Crippen molar-refractivity contribution in [1.29, 1.82) is 0 Å². The number of hydrogen-bond acceptors (Lipinski definition) is 5. The van der Waals surface area contributed by atoms with Gasteiger partial charge in [0.2, 0.25) is 5.76 Å². The molecule has 0 aliphatic carbocycles. The molecule has 0 spiro atoms. The van der Waals surface area contributed by atoms with E-state index in [1.54, 1.807) is 31.2 Å². The Labute approximate surface area is 173 Å². The van der Waals surface area contributed by atoms with Gasteiger partial charge in [0.15, 0.2) is 11.3 Å². The molecule has 0 amide bonds. The molecule has 0 atom stereocenters. The highest BCUT2D eigenvalue weighted by Gasteiger charge is 2.15. The number of nitrogens with one attached hydrogen (secondary N) is 2. The Balaban J connectivity index is 1.28. The Morgan fingerprint density at radius 2 is 2.10 bits per heavy atom. The minimum atomic E-state index is -0.488. The van der Waals surface area contributed by atoms with Gasteiger partial charge in [-0.05, 0) is 55.8 Å². The van der Waals surface area contributed by atoms with E-state index < -0.39 is 5.97 Å². The molecule has 156 valence electrons. The van der Waals surface area contributed by atoms with E-state index >= 15 is 0 Å². The lowest BCUT2D eigenvalue weighted by molar-refractivity contribution is 0.0492. The van der Waals surface area contributed by atoms with E-state index in [-0.39, 0.29) is 11.6 Å². The lowest BCUT2D eigenvalue weighted by atomic mass is 10.1. The summed E-state index contributed by atoms with van der Waals surface area (Å²) < 4.78 is 29.9. The van der Waals surface area contributed by atoms with Gasteiger partial charge < -0.3 is 24.2 Å². The average Bonchev–Trinajstić information content (AvgIpc) is 3.35. The summed E-state index contributed by atoms with van der Waals surface area (Å²) in [5.41, 5.74) is 2.54. The third-order valence-corrected chi connectivity index (χ3v) is 4.82. The Bertz CT molecular complexity index is 1160. The van der Waals surface area contributed by atoms with Gasteiger partial charge in [0.25, 0.3) is 0 Å². The van der Waals surface area contributed by atoms with Gasteiger partial charge in [-0.2, -0.15) is 0 Å². The zero-order valence-electron chi connectivity index (χ0n) is 16.7. The van der Waals surface area contributed by atoms with Crippen LogP contribution in [-0.4, -0.2) is 37.3 Å². The molecule has 0 unspecified atom stereocenters. The van der Waals surface area contributed by atoms with E-state index in [0.29, 0.717) is 31.1 Å². The van der Waals surface area contributed by atoms with Gasteiger partial charge in [0.05, 0.1) is 6.61 Å². The van der Waals surface area contributed by atoms with Crippen LogP contribution in [0.3, 0.4) is 0 Å². The van der Waals surface area contributed by atoms with Crippen LogP contribution >= 0.6 is 0 Å². The van der Waals surface area contributed by atoms with E-state index in [1.807, 2.05) is 18.3 Å². The minimum absolute atomic E-state index is 0.163. The number of rotatable bonds is 9. The maximum absolute atomic E-state index is 13.5. The SMILES string of the molecule is CCOC(=O)c1cc2cccc(OCCNCCc3c[nH]c4ccc(F)cc34)c2o1. The first-order valence-electron chi connectivity index (χ1n) is 9.94. The van der Waals surface area contributed by atoms with Crippen molar-refractivity contribution >= 4 is 27.8 Å². The molecule has 0 fully saturated rings. The van der Waals surface area contributed by atoms with Crippen molar-refractivity contribution in [2.75, 3.05) is 26.3 Å². The van der Waals surface area contributed by atoms with Crippen molar-refractivity contribution in [2.24, 2.45) is 0 Å². The predicted octanol–water partition coefficient (Wildman–Crippen LogP) is 4.44. The van der Waals surface area contributed by atoms with Gasteiger partial charge in [0, 0.05) is 29.0 Å². The molecule has 2 N–H and O–H groups in total. The molecule has 6 nitrogen and oxygen atoms in total. The summed E-state index contributed by atoms with van der Waals surface area (Å²) in [6.45, 7) is 3.86. The predicted molar refractivity (Wildman–Crippen MR) is 112 cm³/mol. The quantitative estimate of drug-likeness (QED) is 0.315. The van der Waals surface area contributed by atoms with Crippen LogP contribution in [0.4, 0.5) is 4.39 Å². The normalized spacial score (nSPS) is 11.3. The summed E-state index contributed by atoms with van der Waals surface area (Å²) in [5, 5.41) is 5.02. The summed E-state index contributed by atoms with van der Waals surface area (Å²) in [7, 11) is 0. The summed E-state index contributed by atoms with van der Waals surface area (Å²) in [6, 6.07) is 11.9. The van der Waals surface area contributed by atoms with Crippen LogP contribution in [-0.2, 0) is 11.2 Å². The molecule has 2 aromatic heterocycles. The smallest absolute Gasteiger partial charge is 0.374 e. The number of carbonyl (C=O) groups is 1. The molecule has 0 saturated carbocycles. The second-order valence-electron chi connectivity index (χ2n) is 6.86. The number of esters is 1. The van der Waals surface area contributed by atoms with Gasteiger partial charge in [0.1, 0.15) is 12.4 Å². The molecule has 4 aromatic rings. The zero-order chi connectivity index (χ0) is 20.9. The first-order chi connectivity index (χ1) is 14.7. The molecular formula is C23H23FN2O4. The van der Waals surface area contributed by atoms with Crippen LogP contribution in [0.25, 0.3) is 21.9 Å². The number of aromatic amines is 1. The summed E-state index contributed by atoms with van der Waals surface area (Å²) in [5.74, 6) is 0.0227. The highest BCUT2D eigenvalue weighted by Crippen LogP contribution is 2.29. The van der Waals surface area contributed by atoms with Gasteiger partial charge >= 0.3 is 5.97 Å². The molecule has 2 aromatic carbocycles. The number of hydrogen-bond donors (Lipinski definition) is 2. The number of ether oxygens (including phenoxy) is 2. The zero-order valence-corrected chi connectivity index (χ0v) is 16.7. The first kappa shape index (κ1) is 20.0. The third kappa shape index (κ3) is 4.31. The van der Waals surface area contributed by atoms with Gasteiger partial charge in [-0.25, -0.2) is 9.18 Å². The number of halogens is 1. The largest absolute Gasteiger partial charge is 0.488 e. The van der Waals surface area contributed by atoms with Crippen molar-refractivity contribution in [3.8, 4) is 5.75 Å². The molecule has 0 aliphatic rings. The molecular weight excluding hydrogens is 387 g/mol. The van der Waals surface area contributed by atoms with Gasteiger partial charge in [-0.15, -0.1) is 0 Å². The Morgan fingerprint density at radius 1 is 1.20 bits per heavy atom. The summed E-state index contributed by atoms with van der Waals surface area (Å²) >= 11 is 0. The number of benzene rings is 2. The van der Waals surface area contributed by atoms with Crippen molar-refractivity contribution < 1.29 is 23.1 Å². The second-order valence-corrected chi connectivity index (χ2v) is 6.86. The number of fused-ring (bicyclic) bond motifs is 2. The molecule has 2 heterocycles. The van der Waals surface area contributed by atoms with Gasteiger partial charge in [-0.1, -0.05) is 12.1 Å². The maximum atomic E-state index is 13.5. The monoisotopic (exact) mass is 410 g/mol. The lowest BCUT2D eigenvalue weighted by Gasteiger charge is -2.08. The number of aromatic nitrogens is 1. The van der Waals surface area contributed by atoms with Crippen LogP contribution in [0.15, 0.2) is 53.1 Å².